The topological polar surface area (TPSA) is 33.1 Å². The number of nitrogens with zero attached hydrogens (tertiary/aromatic N) is 3. The molecule has 0 aliphatic carbocycles. The number of nitrogens with one attached hydrogen (secondary N) is 1. The minimum atomic E-state index is 0.529. The molecule has 0 saturated carbocycles. The van der Waals surface area contributed by atoms with E-state index in [1.54, 1.807) is 0 Å². The molecule has 1 atom stereocenters. The van der Waals surface area contributed by atoms with Crippen molar-refractivity contribution in [2.45, 2.75) is 32.9 Å². The lowest BCUT2D eigenvalue weighted by molar-refractivity contribution is 0.303. The molecule has 1 rings (SSSR count). The molecule has 4 nitrogen and oxygen atoms in total. The van der Waals surface area contributed by atoms with Crippen LogP contribution in [0.1, 0.15) is 26.1 Å². The van der Waals surface area contributed by atoms with Crippen LogP contribution in [0.5, 0.6) is 0 Å². The molecule has 1 aromatic rings. The van der Waals surface area contributed by atoms with Crippen LogP contribution in [-0.2, 0) is 13.6 Å². The van der Waals surface area contributed by atoms with Crippen LogP contribution in [0.2, 0.25) is 0 Å². The van der Waals surface area contributed by atoms with Gasteiger partial charge in [-0.25, -0.2) is 4.98 Å². The summed E-state index contributed by atoms with van der Waals surface area (Å²) in [6.07, 6.45) is 5.03. The Morgan fingerprint density at radius 2 is 2.12 bits per heavy atom. The van der Waals surface area contributed by atoms with Gasteiger partial charge in [0, 0.05) is 32.0 Å². The van der Waals surface area contributed by atoms with E-state index in [9.17, 15) is 0 Å². The molecule has 1 unspecified atom stereocenters. The van der Waals surface area contributed by atoms with E-state index in [0.717, 1.165) is 18.9 Å². The summed E-state index contributed by atoms with van der Waals surface area (Å²) in [7, 11) is 6.28. The third-order valence-electron chi connectivity index (χ3n) is 2.81. The third kappa shape index (κ3) is 5.33. The number of imidazole rings is 1. The highest BCUT2D eigenvalue weighted by Gasteiger charge is 2.12. The molecule has 4 heteroatoms. The Balaban J connectivity index is 2.45. The van der Waals surface area contributed by atoms with Gasteiger partial charge < -0.3 is 14.8 Å². The van der Waals surface area contributed by atoms with Gasteiger partial charge in [-0.15, -0.1) is 0 Å². The summed E-state index contributed by atoms with van der Waals surface area (Å²) < 4.78 is 2.06. The number of rotatable bonds is 7. The van der Waals surface area contributed by atoms with Crippen molar-refractivity contribution in [2.75, 3.05) is 20.6 Å². The molecule has 17 heavy (non-hydrogen) atoms. The monoisotopic (exact) mass is 238 g/mol. The number of aryl methyl sites for hydroxylation is 1. The van der Waals surface area contributed by atoms with Crippen molar-refractivity contribution in [3.05, 3.63) is 18.2 Å². The largest absolute Gasteiger partial charge is 0.337 e. The van der Waals surface area contributed by atoms with E-state index in [2.05, 4.69) is 47.7 Å². The molecule has 0 saturated heterocycles. The van der Waals surface area contributed by atoms with Crippen LogP contribution in [0.4, 0.5) is 0 Å². The van der Waals surface area contributed by atoms with Crippen molar-refractivity contribution in [3.8, 4) is 0 Å². The predicted molar refractivity (Wildman–Crippen MR) is 71.8 cm³/mol. The summed E-state index contributed by atoms with van der Waals surface area (Å²) >= 11 is 0. The highest BCUT2D eigenvalue weighted by molar-refractivity contribution is 4.91. The van der Waals surface area contributed by atoms with Crippen LogP contribution in [0, 0.1) is 5.92 Å². The average molecular weight is 238 g/mol. The number of aromatic nitrogens is 2. The molecule has 0 aromatic carbocycles. The first-order chi connectivity index (χ1) is 7.99. The lowest BCUT2D eigenvalue weighted by Crippen LogP contribution is -2.39. The summed E-state index contributed by atoms with van der Waals surface area (Å²) in [4.78, 5) is 6.57. The van der Waals surface area contributed by atoms with Gasteiger partial charge in [0.05, 0.1) is 6.54 Å². The zero-order valence-corrected chi connectivity index (χ0v) is 11.8. The normalized spacial score (nSPS) is 13.6. The second kappa shape index (κ2) is 6.77. The van der Waals surface area contributed by atoms with Crippen molar-refractivity contribution in [3.63, 3.8) is 0 Å². The molecule has 0 spiro atoms. The Hall–Kier alpha value is -0.870. The van der Waals surface area contributed by atoms with E-state index in [4.69, 9.17) is 0 Å². The quantitative estimate of drug-likeness (QED) is 0.781. The smallest absolute Gasteiger partial charge is 0.122 e. The van der Waals surface area contributed by atoms with Crippen molar-refractivity contribution >= 4 is 0 Å². The Morgan fingerprint density at radius 1 is 1.41 bits per heavy atom. The Kier molecular flexibility index (Phi) is 5.65. The molecule has 0 amide bonds. The predicted octanol–water partition coefficient (Wildman–Crippen LogP) is 1.49. The van der Waals surface area contributed by atoms with Crippen LogP contribution in [0.3, 0.4) is 0 Å². The average Bonchev–Trinajstić information content (AvgIpc) is 2.59. The van der Waals surface area contributed by atoms with Gasteiger partial charge in [-0.1, -0.05) is 13.8 Å². The van der Waals surface area contributed by atoms with Gasteiger partial charge in [0.25, 0.3) is 0 Å². The van der Waals surface area contributed by atoms with Gasteiger partial charge >= 0.3 is 0 Å². The van der Waals surface area contributed by atoms with E-state index >= 15 is 0 Å². The van der Waals surface area contributed by atoms with E-state index in [1.807, 2.05) is 19.4 Å². The van der Waals surface area contributed by atoms with Gasteiger partial charge in [0.15, 0.2) is 0 Å². The molecular formula is C13H26N4. The SMILES string of the molecule is CC(C)CC(CN(C)C)NCc1nccn1C. The lowest BCUT2D eigenvalue weighted by atomic mass is 10.0. The molecule has 0 radical (unpaired) electrons. The van der Waals surface area contributed by atoms with Crippen LogP contribution in [0.25, 0.3) is 0 Å². The summed E-state index contributed by atoms with van der Waals surface area (Å²) in [5.41, 5.74) is 0. The molecule has 0 aliphatic heterocycles. The number of hydrogen-bond acceptors (Lipinski definition) is 3. The van der Waals surface area contributed by atoms with Crippen molar-refractivity contribution < 1.29 is 0 Å². The van der Waals surface area contributed by atoms with Crippen LogP contribution in [-0.4, -0.2) is 41.1 Å². The number of likely N-dealkylation sites (N-methyl/N-ethyl adjacent to an activating group) is 1. The Labute approximate surface area is 105 Å². The molecule has 0 bridgehead atoms. The molecular weight excluding hydrogens is 212 g/mol. The summed E-state index contributed by atoms with van der Waals surface area (Å²) in [5.74, 6) is 1.81. The molecule has 0 fully saturated rings. The van der Waals surface area contributed by atoms with E-state index in [1.165, 1.54) is 6.42 Å². The summed E-state index contributed by atoms with van der Waals surface area (Å²) in [6, 6.07) is 0.529. The Bertz CT molecular complexity index is 307. The van der Waals surface area contributed by atoms with Crippen molar-refractivity contribution in [1.82, 2.24) is 19.8 Å². The van der Waals surface area contributed by atoms with Crippen molar-refractivity contribution in [1.29, 1.82) is 0 Å². The first kappa shape index (κ1) is 14.2. The van der Waals surface area contributed by atoms with Crippen LogP contribution >= 0.6 is 0 Å². The minimum Gasteiger partial charge on any atom is -0.337 e. The summed E-state index contributed by atoms with van der Waals surface area (Å²) in [5, 5.41) is 3.60. The van der Waals surface area contributed by atoms with Gasteiger partial charge in [-0.3, -0.25) is 0 Å². The van der Waals surface area contributed by atoms with E-state index < -0.39 is 0 Å². The maximum Gasteiger partial charge on any atom is 0.122 e. The van der Waals surface area contributed by atoms with Gasteiger partial charge in [0.2, 0.25) is 0 Å². The lowest BCUT2D eigenvalue weighted by Gasteiger charge is -2.24. The highest BCUT2D eigenvalue weighted by Crippen LogP contribution is 2.06. The fourth-order valence-corrected chi connectivity index (χ4v) is 2.03. The molecule has 1 N–H and O–H groups in total. The second-order valence-corrected chi connectivity index (χ2v) is 5.42. The van der Waals surface area contributed by atoms with Gasteiger partial charge in [0.1, 0.15) is 5.82 Å². The maximum atomic E-state index is 4.33. The minimum absolute atomic E-state index is 0.529. The second-order valence-electron chi connectivity index (χ2n) is 5.42. The van der Waals surface area contributed by atoms with Crippen LogP contribution < -0.4 is 5.32 Å². The first-order valence-electron chi connectivity index (χ1n) is 6.33. The molecule has 1 aromatic heterocycles. The fourth-order valence-electron chi connectivity index (χ4n) is 2.03. The van der Waals surface area contributed by atoms with Gasteiger partial charge in [-0.2, -0.15) is 0 Å². The van der Waals surface area contributed by atoms with Crippen LogP contribution in [0.15, 0.2) is 12.4 Å². The zero-order valence-electron chi connectivity index (χ0n) is 11.8. The molecule has 98 valence electrons. The van der Waals surface area contributed by atoms with E-state index in [0.29, 0.717) is 12.0 Å². The third-order valence-corrected chi connectivity index (χ3v) is 2.81. The number of hydrogen-bond donors (Lipinski definition) is 1. The highest BCUT2D eigenvalue weighted by atomic mass is 15.1. The molecule has 1 heterocycles. The Morgan fingerprint density at radius 3 is 2.59 bits per heavy atom. The standard InChI is InChI=1S/C13H26N4/c1-11(2)8-12(10-16(3)4)15-9-13-14-6-7-17(13)5/h6-7,11-12,15H,8-10H2,1-5H3. The summed E-state index contributed by atoms with van der Waals surface area (Å²) in [6.45, 7) is 6.45. The zero-order chi connectivity index (χ0) is 12.8. The molecule has 0 aliphatic rings. The van der Waals surface area contributed by atoms with Crippen molar-refractivity contribution in [2.24, 2.45) is 13.0 Å². The first-order valence-corrected chi connectivity index (χ1v) is 6.33. The maximum absolute atomic E-state index is 4.33. The van der Waals surface area contributed by atoms with Gasteiger partial charge in [-0.05, 0) is 26.4 Å². The fraction of sp³-hybridized carbons (Fsp3) is 0.769. The van der Waals surface area contributed by atoms with E-state index in [-0.39, 0.29) is 0 Å².